The van der Waals surface area contributed by atoms with Gasteiger partial charge in [-0.2, -0.15) is 0 Å². The first-order chi connectivity index (χ1) is 11.3. The van der Waals surface area contributed by atoms with Crippen molar-refractivity contribution in [3.8, 4) is 0 Å². The van der Waals surface area contributed by atoms with Crippen LogP contribution in [0.1, 0.15) is 45.1 Å². The Balaban J connectivity index is 2.22. The standard InChI is InChI=1S/C16H26N2O4S2/c1-3-5-11-23(19,20)17-15-8-7-14-9-10-18(16(14)13-15)24(21,22)12-6-4-2/h7-8,13,17H,3-6,9-12H2,1-2H3. The predicted octanol–water partition coefficient (Wildman–Crippen LogP) is 2.72. The largest absolute Gasteiger partial charge is 0.283 e. The van der Waals surface area contributed by atoms with Crippen molar-refractivity contribution in [2.45, 2.75) is 46.0 Å². The molecule has 0 spiro atoms. The number of nitrogens with zero attached hydrogens (tertiary/aromatic N) is 1. The summed E-state index contributed by atoms with van der Waals surface area (Å²) in [6, 6.07) is 5.14. The van der Waals surface area contributed by atoms with E-state index >= 15 is 0 Å². The Bertz CT molecular complexity index is 773. The molecule has 0 aliphatic carbocycles. The highest BCUT2D eigenvalue weighted by molar-refractivity contribution is 7.93. The molecule has 2 rings (SSSR count). The van der Waals surface area contributed by atoms with Gasteiger partial charge in [-0.25, -0.2) is 16.8 Å². The Kier molecular flexibility index (Phi) is 6.14. The van der Waals surface area contributed by atoms with Crippen LogP contribution in [0.5, 0.6) is 0 Å². The van der Waals surface area contributed by atoms with Gasteiger partial charge < -0.3 is 0 Å². The molecule has 1 aliphatic rings. The van der Waals surface area contributed by atoms with E-state index in [0.29, 0.717) is 37.2 Å². The van der Waals surface area contributed by atoms with Crippen LogP contribution < -0.4 is 9.03 Å². The van der Waals surface area contributed by atoms with Gasteiger partial charge >= 0.3 is 0 Å². The SMILES string of the molecule is CCCCS(=O)(=O)Nc1ccc2c(c1)N(S(=O)(=O)CCCC)CC2. The molecule has 0 saturated heterocycles. The minimum absolute atomic E-state index is 0.0685. The van der Waals surface area contributed by atoms with E-state index in [1.165, 1.54) is 4.31 Å². The summed E-state index contributed by atoms with van der Waals surface area (Å²) in [5.41, 5.74) is 1.95. The zero-order valence-electron chi connectivity index (χ0n) is 14.3. The fourth-order valence-corrected chi connectivity index (χ4v) is 5.67. The molecule has 0 aromatic heterocycles. The molecule has 0 fully saturated rings. The average Bonchev–Trinajstić information content (AvgIpc) is 2.94. The zero-order chi connectivity index (χ0) is 17.8. The summed E-state index contributed by atoms with van der Waals surface area (Å²) in [6.45, 7) is 4.31. The number of sulfonamides is 2. The average molecular weight is 375 g/mol. The van der Waals surface area contributed by atoms with Crippen LogP contribution in [-0.2, 0) is 26.5 Å². The van der Waals surface area contributed by atoms with Crippen molar-refractivity contribution in [2.24, 2.45) is 0 Å². The minimum Gasteiger partial charge on any atom is -0.283 e. The van der Waals surface area contributed by atoms with Crippen molar-refractivity contribution in [3.05, 3.63) is 23.8 Å². The van der Waals surface area contributed by atoms with Crippen LogP contribution in [0.15, 0.2) is 18.2 Å². The van der Waals surface area contributed by atoms with Crippen molar-refractivity contribution in [2.75, 3.05) is 27.1 Å². The first-order valence-corrected chi connectivity index (χ1v) is 11.7. The van der Waals surface area contributed by atoms with Gasteiger partial charge in [0.05, 0.1) is 22.9 Å². The fourth-order valence-electron chi connectivity index (χ4n) is 2.70. The maximum atomic E-state index is 12.5. The van der Waals surface area contributed by atoms with Gasteiger partial charge in [-0.3, -0.25) is 9.03 Å². The Morgan fingerprint density at radius 3 is 2.38 bits per heavy atom. The van der Waals surface area contributed by atoms with Crippen molar-refractivity contribution < 1.29 is 16.8 Å². The molecule has 0 saturated carbocycles. The highest BCUT2D eigenvalue weighted by atomic mass is 32.2. The van der Waals surface area contributed by atoms with Gasteiger partial charge in [-0.1, -0.05) is 32.8 Å². The first-order valence-electron chi connectivity index (χ1n) is 8.43. The van der Waals surface area contributed by atoms with Gasteiger partial charge in [-0.05, 0) is 37.0 Å². The molecule has 1 N–H and O–H groups in total. The Hall–Kier alpha value is -1.28. The summed E-state index contributed by atoms with van der Waals surface area (Å²) in [6.07, 6.45) is 3.49. The maximum absolute atomic E-state index is 12.5. The predicted molar refractivity (Wildman–Crippen MR) is 98.5 cm³/mol. The summed E-state index contributed by atoms with van der Waals surface area (Å²) in [5.74, 6) is 0.189. The number of hydrogen-bond donors (Lipinski definition) is 1. The van der Waals surface area contributed by atoms with E-state index in [4.69, 9.17) is 0 Å². The molecule has 6 nitrogen and oxygen atoms in total. The summed E-state index contributed by atoms with van der Waals surface area (Å²) < 4.78 is 53.0. The number of rotatable bonds is 9. The molecule has 0 bridgehead atoms. The molecule has 136 valence electrons. The summed E-state index contributed by atoms with van der Waals surface area (Å²) in [5, 5.41) is 0. The Labute approximate surface area is 145 Å². The van der Waals surface area contributed by atoms with E-state index in [9.17, 15) is 16.8 Å². The van der Waals surface area contributed by atoms with Crippen LogP contribution in [-0.4, -0.2) is 34.9 Å². The molecule has 8 heteroatoms. The topological polar surface area (TPSA) is 83.6 Å². The van der Waals surface area contributed by atoms with Crippen molar-refractivity contribution in [3.63, 3.8) is 0 Å². The molecule has 0 amide bonds. The third-order valence-corrected chi connectivity index (χ3v) is 7.30. The summed E-state index contributed by atoms with van der Waals surface area (Å²) >= 11 is 0. The lowest BCUT2D eigenvalue weighted by molar-refractivity contribution is 0.588. The number of benzene rings is 1. The van der Waals surface area contributed by atoms with Crippen LogP contribution in [0.25, 0.3) is 0 Å². The second-order valence-electron chi connectivity index (χ2n) is 6.11. The van der Waals surface area contributed by atoms with Gasteiger partial charge in [0.15, 0.2) is 0 Å². The van der Waals surface area contributed by atoms with E-state index in [1.807, 2.05) is 19.9 Å². The normalized spacial score (nSPS) is 14.7. The minimum atomic E-state index is -3.40. The molecule has 0 radical (unpaired) electrons. The molecule has 0 atom stereocenters. The fraction of sp³-hybridized carbons (Fsp3) is 0.625. The van der Waals surface area contributed by atoms with E-state index in [-0.39, 0.29) is 11.5 Å². The van der Waals surface area contributed by atoms with Gasteiger partial charge in [0.25, 0.3) is 0 Å². The van der Waals surface area contributed by atoms with Crippen LogP contribution in [0.4, 0.5) is 11.4 Å². The summed E-state index contributed by atoms with van der Waals surface area (Å²) in [7, 11) is -6.75. The lowest BCUT2D eigenvalue weighted by atomic mass is 10.1. The number of nitrogens with one attached hydrogen (secondary N) is 1. The van der Waals surface area contributed by atoms with Crippen LogP contribution in [0, 0.1) is 0 Å². The highest BCUT2D eigenvalue weighted by Gasteiger charge is 2.29. The molecule has 1 heterocycles. The third kappa shape index (κ3) is 4.63. The zero-order valence-corrected chi connectivity index (χ0v) is 15.9. The molecule has 1 aliphatic heterocycles. The lowest BCUT2D eigenvalue weighted by Crippen LogP contribution is -2.31. The van der Waals surface area contributed by atoms with Crippen LogP contribution in [0.2, 0.25) is 0 Å². The molecule has 1 aromatic carbocycles. The molecule has 1 aromatic rings. The highest BCUT2D eigenvalue weighted by Crippen LogP contribution is 2.33. The summed E-state index contributed by atoms with van der Waals surface area (Å²) in [4.78, 5) is 0. The smallest absolute Gasteiger partial charge is 0.235 e. The molecular formula is C16H26N2O4S2. The number of anilines is 2. The van der Waals surface area contributed by atoms with Crippen molar-refractivity contribution in [1.29, 1.82) is 0 Å². The van der Waals surface area contributed by atoms with Crippen LogP contribution in [0.3, 0.4) is 0 Å². The quantitative estimate of drug-likeness (QED) is 0.720. The first kappa shape index (κ1) is 19.1. The second kappa shape index (κ2) is 7.74. The van der Waals surface area contributed by atoms with Gasteiger partial charge in [0, 0.05) is 6.54 Å². The number of fused-ring (bicyclic) bond motifs is 1. The van der Waals surface area contributed by atoms with E-state index in [0.717, 1.165) is 18.4 Å². The monoisotopic (exact) mass is 374 g/mol. The molecular weight excluding hydrogens is 348 g/mol. The van der Waals surface area contributed by atoms with Gasteiger partial charge in [0.2, 0.25) is 20.0 Å². The van der Waals surface area contributed by atoms with Crippen LogP contribution >= 0.6 is 0 Å². The van der Waals surface area contributed by atoms with E-state index in [2.05, 4.69) is 4.72 Å². The van der Waals surface area contributed by atoms with Gasteiger partial charge in [-0.15, -0.1) is 0 Å². The van der Waals surface area contributed by atoms with Crippen molar-refractivity contribution >= 4 is 31.4 Å². The Morgan fingerprint density at radius 2 is 1.71 bits per heavy atom. The Morgan fingerprint density at radius 1 is 1.04 bits per heavy atom. The number of unbranched alkanes of at least 4 members (excludes halogenated alkanes) is 2. The molecule has 0 unspecified atom stereocenters. The maximum Gasteiger partial charge on any atom is 0.235 e. The molecule has 24 heavy (non-hydrogen) atoms. The number of hydrogen-bond acceptors (Lipinski definition) is 4. The van der Waals surface area contributed by atoms with E-state index < -0.39 is 20.0 Å². The van der Waals surface area contributed by atoms with Gasteiger partial charge in [0.1, 0.15) is 0 Å². The van der Waals surface area contributed by atoms with E-state index in [1.54, 1.807) is 12.1 Å². The second-order valence-corrected chi connectivity index (χ2v) is 9.96. The lowest BCUT2D eigenvalue weighted by Gasteiger charge is -2.20. The van der Waals surface area contributed by atoms with Crippen molar-refractivity contribution in [1.82, 2.24) is 0 Å². The third-order valence-electron chi connectivity index (χ3n) is 4.07.